The van der Waals surface area contributed by atoms with Crippen molar-refractivity contribution in [2.24, 2.45) is 5.73 Å². The number of benzene rings is 1. The normalized spacial score (nSPS) is 19.4. The van der Waals surface area contributed by atoms with Crippen LogP contribution in [0.25, 0.3) is 0 Å². The molecule has 1 saturated heterocycles. The van der Waals surface area contributed by atoms with Gasteiger partial charge in [-0.2, -0.15) is 0 Å². The molecule has 0 aromatic heterocycles. The first-order valence-electron chi connectivity index (χ1n) is 8.53. The highest BCUT2D eigenvalue weighted by Gasteiger charge is 2.26. The fourth-order valence-corrected chi connectivity index (χ4v) is 2.89. The summed E-state index contributed by atoms with van der Waals surface area (Å²) in [7, 11) is 0. The number of carbonyl (C=O) groups is 2. The lowest BCUT2D eigenvalue weighted by atomic mass is 9.92. The molecule has 1 saturated carbocycles. The van der Waals surface area contributed by atoms with Gasteiger partial charge in [-0.3, -0.25) is 9.59 Å². The third-order valence-electron chi connectivity index (χ3n) is 4.60. The van der Waals surface area contributed by atoms with E-state index in [4.69, 9.17) is 10.5 Å². The van der Waals surface area contributed by atoms with Crippen LogP contribution in [0.5, 0.6) is 0 Å². The highest BCUT2D eigenvalue weighted by atomic mass is 19.1. The minimum atomic E-state index is -0.593. The van der Waals surface area contributed by atoms with Crippen molar-refractivity contribution < 1.29 is 18.7 Å². The highest BCUT2D eigenvalue weighted by molar-refractivity contribution is 5.97. The molecule has 0 radical (unpaired) electrons. The molecule has 2 fully saturated rings. The topological polar surface area (TPSA) is 96.7 Å². The highest BCUT2D eigenvalue weighted by Crippen LogP contribution is 2.24. The molecule has 1 aromatic carbocycles. The Bertz CT molecular complexity index is 651. The van der Waals surface area contributed by atoms with Crippen molar-refractivity contribution >= 4 is 23.2 Å². The van der Waals surface area contributed by atoms with Gasteiger partial charge in [0.15, 0.2) is 0 Å². The molecule has 8 heteroatoms. The van der Waals surface area contributed by atoms with Gasteiger partial charge in [-0.1, -0.05) is 6.42 Å². The van der Waals surface area contributed by atoms with Crippen LogP contribution in [0, 0.1) is 5.82 Å². The summed E-state index contributed by atoms with van der Waals surface area (Å²) in [6, 6.07) is 4.07. The van der Waals surface area contributed by atoms with Crippen molar-refractivity contribution in [3.05, 3.63) is 24.0 Å². The Labute approximate surface area is 145 Å². The number of anilines is 2. The number of hydrogen-bond acceptors (Lipinski definition) is 5. The van der Waals surface area contributed by atoms with E-state index in [1.807, 2.05) is 0 Å². The molecule has 1 heterocycles. The van der Waals surface area contributed by atoms with Crippen molar-refractivity contribution in [1.82, 2.24) is 5.32 Å². The molecule has 25 heavy (non-hydrogen) atoms. The largest absolute Gasteiger partial charge is 0.370 e. The van der Waals surface area contributed by atoms with Crippen molar-refractivity contribution in [2.45, 2.75) is 31.3 Å². The van der Waals surface area contributed by atoms with Gasteiger partial charge in [0.25, 0.3) is 5.91 Å². The Hall–Kier alpha value is -2.03. The second-order valence-electron chi connectivity index (χ2n) is 6.33. The Morgan fingerprint density at radius 2 is 2.24 bits per heavy atom. The Morgan fingerprint density at radius 1 is 1.44 bits per heavy atom. The van der Waals surface area contributed by atoms with Crippen molar-refractivity contribution in [3.8, 4) is 0 Å². The van der Waals surface area contributed by atoms with Crippen LogP contribution in [0.1, 0.15) is 19.3 Å². The van der Waals surface area contributed by atoms with Crippen LogP contribution in [-0.4, -0.2) is 50.2 Å². The molecule has 0 spiro atoms. The van der Waals surface area contributed by atoms with E-state index in [9.17, 15) is 14.0 Å². The van der Waals surface area contributed by atoms with E-state index in [1.165, 1.54) is 17.0 Å². The van der Waals surface area contributed by atoms with E-state index >= 15 is 0 Å². The number of rotatable bonds is 6. The van der Waals surface area contributed by atoms with Crippen LogP contribution < -0.4 is 21.3 Å². The molecule has 3 rings (SSSR count). The van der Waals surface area contributed by atoms with E-state index < -0.39 is 11.9 Å². The Morgan fingerprint density at radius 3 is 2.84 bits per heavy atom. The molecule has 2 aliphatic rings. The second kappa shape index (κ2) is 7.90. The Kier molecular flexibility index (Phi) is 5.62. The maximum atomic E-state index is 14.4. The number of morpholine rings is 1. The van der Waals surface area contributed by atoms with Crippen LogP contribution >= 0.6 is 0 Å². The van der Waals surface area contributed by atoms with Crippen molar-refractivity contribution in [1.29, 1.82) is 0 Å². The molecule has 0 bridgehead atoms. The van der Waals surface area contributed by atoms with Gasteiger partial charge in [0, 0.05) is 24.8 Å². The standard InChI is InChI=1S/C17H23FN4O3/c18-13-8-12(22-6-7-25-10-16(22)23)4-5-14(13)21-17(24)15(9-19)20-11-2-1-3-11/h4-5,8,11,15,20H,1-3,6-7,9-10,19H2,(H,21,24)/t15-/m0/s1. The molecule has 1 aliphatic carbocycles. The average molecular weight is 350 g/mol. The van der Waals surface area contributed by atoms with E-state index in [0.29, 0.717) is 24.9 Å². The molecule has 1 atom stereocenters. The van der Waals surface area contributed by atoms with Crippen molar-refractivity contribution in [3.63, 3.8) is 0 Å². The fraction of sp³-hybridized carbons (Fsp3) is 0.529. The molecule has 1 aliphatic heterocycles. The number of carbonyl (C=O) groups excluding carboxylic acids is 2. The minimum absolute atomic E-state index is 0.00881. The zero-order valence-corrected chi connectivity index (χ0v) is 14.0. The van der Waals surface area contributed by atoms with Crippen LogP contribution in [0.2, 0.25) is 0 Å². The molecule has 136 valence electrons. The smallest absolute Gasteiger partial charge is 0.253 e. The predicted octanol–water partition coefficient (Wildman–Crippen LogP) is 0.597. The third-order valence-corrected chi connectivity index (χ3v) is 4.60. The summed E-state index contributed by atoms with van der Waals surface area (Å²) in [5.41, 5.74) is 6.18. The summed E-state index contributed by atoms with van der Waals surface area (Å²) in [5.74, 6) is -1.16. The number of nitrogens with one attached hydrogen (secondary N) is 2. The first kappa shape index (κ1) is 17.8. The first-order chi connectivity index (χ1) is 12.1. The zero-order valence-electron chi connectivity index (χ0n) is 14.0. The molecule has 7 nitrogen and oxygen atoms in total. The summed E-state index contributed by atoms with van der Waals surface area (Å²) in [4.78, 5) is 25.6. The molecule has 1 aromatic rings. The zero-order chi connectivity index (χ0) is 17.8. The van der Waals surface area contributed by atoms with E-state index in [0.717, 1.165) is 19.3 Å². The number of ether oxygens (including phenoxy) is 1. The van der Waals surface area contributed by atoms with Crippen LogP contribution in [0.15, 0.2) is 18.2 Å². The number of nitrogens with zero attached hydrogens (tertiary/aromatic N) is 1. The molecule has 4 N–H and O–H groups in total. The summed E-state index contributed by atoms with van der Waals surface area (Å²) in [6.07, 6.45) is 3.20. The van der Waals surface area contributed by atoms with E-state index in [1.54, 1.807) is 6.07 Å². The summed E-state index contributed by atoms with van der Waals surface area (Å²) in [5, 5.41) is 5.76. The monoisotopic (exact) mass is 350 g/mol. The molecular formula is C17H23FN4O3. The van der Waals surface area contributed by atoms with Crippen LogP contribution in [-0.2, 0) is 14.3 Å². The number of halogens is 1. The number of hydrogen-bond donors (Lipinski definition) is 3. The fourth-order valence-electron chi connectivity index (χ4n) is 2.89. The maximum absolute atomic E-state index is 14.4. The number of amides is 2. The second-order valence-corrected chi connectivity index (χ2v) is 6.33. The average Bonchev–Trinajstić information content (AvgIpc) is 2.56. The van der Waals surface area contributed by atoms with E-state index in [-0.39, 0.29) is 30.7 Å². The van der Waals surface area contributed by atoms with Gasteiger partial charge in [-0.05, 0) is 31.0 Å². The molecule has 2 amide bonds. The maximum Gasteiger partial charge on any atom is 0.253 e. The lowest BCUT2D eigenvalue weighted by molar-refractivity contribution is -0.125. The third kappa shape index (κ3) is 4.15. The van der Waals surface area contributed by atoms with Crippen molar-refractivity contribution in [2.75, 3.05) is 36.5 Å². The quantitative estimate of drug-likeness (QED) is 0.698. The summed E-state index contributed by atoms with van der Waals surface area (Å²) < 4.78 is 19.4. The van der Waals surface area contributed by atoms with Gasteiger partial charge in [0.2, 0.25) is 5.91 Å². The predicted molar refractivity (Wildman–Crippen MR) is 91.8 cm³/mol. The van der Waals surface area contributed by atoms with Gasteiger partial charge in [0.1, 0.15) is 12.4 Å². The lowest BCUT2D eigenvalue weighted by Crippen LogP contribution is -2.52. The molecular weight excluding hydrogens is 327 g/mol. The van der Waals surface area contributed by atoms with Gasteiger partial charge in [-0.15, -0.1) is 0 Å². The Balaban J connectivity index is 1.65. The SMILES string of the molecule is NC[C@H](NC1CCC1)C(=O)Nc1ccc(N2CCOCC2=O)cc1F. The number of nitrogens with two attached hydrogens (primary N) is 1. The van der Waals surface area contributed by atoms with Crippen LogP contribution in [0.3, 0.4) is 0 Å². The molecule has 0 unspecified atom stereocenters. The lowest BCUT2D eigenvalue weighted by Gasteiger charge is -2.30. The minimum Gasteiger partial charge on any atom is -0.370 e. The van der Waals surface area contributed by atoms with Gasteiger partial charge >= 0.3 is 0 Å². The van der Waals surface area contributed by atoms with E-state index in [2.05, 4.69) is 10.6 Å². The van der Waals surface area contributed by atoms with Crippen LogP contribution in [0.4, 0.5) is 15.8 Å². The summed E-state index contributed by atoms with van der Waals surface area (Å²) in [6.45, 7) is 0.927. The van der Waals surface area contributed by atoms with Gasteiger partial charge in [0.05, 0.1) is 18.3 Å². The van der Waals surface area contributed by atoms with Gasteiger partial charge < -0.3 is 26.0 Å². The summed E-state index contributed by atoms with van der Waals surface area (Å²) >= 11 is 0. The first-order valence-corrected chi connectivity index (χ1v) is 8.53. The van der Waals surface area contributed by atoms with Gasteiger partial charge in [-0.25, -0.2) is 4.39 Å².